The van der Waals surface area contributed by atoms with Crippen molar-refractivity contribution in [2.24, 2.45) is 0 Å². The van der Waals surface area contributed by atoms with Gasteiger partial charge in [-0.05, 0) is 31.0 Å². The lowest BCUT2D eigenvalue weighted by molar-refractivity contribution is 0.0946. The topological polar surface area (TPSA) is 44.4 Å². The van der Waals surface area contributed by atoms with Gasteiger partial charge in [0.1, 0.15) is 0 Å². The molecule has 2 N–H and O–H groups in total. The molecule has 4 nitrogen and oxygen atoms in total. The molecule has 1 amide bonds. The second-order valence-corrected chi connectivity index (χ2v) is 5.10. The highest BCUT2D eigenvalue weighted by Crippen LogP contribution is 2.12. The quantitative estimate of drug-likeness (QED) is 0.882. The van der Waals surface area contributed by atoms with Crippen LogP contribution in [0.4, 0.5) is 0 Å². The van der Waals surface area contributed by atoms with E-state index in [-0.39, 0.29) is 18.3 Å². The molecule has 1 aliphatic rings. The summed E-state index contributed by atoms with van der Waals surface area (Å²) < 4.78 is 0. The number of amides is 1. The number of nitrogens with one attached hydrogen (secondary N) is 2. The largest absolute Gasteiger partial charge is 0.351 e. The summed E-state index contributed by atoms with van der Waals surface area (Å²) in [6.07, 6.45) is 0. The zero-order valence-corrected chi connectivity index (χ0v) is 13.1. The van der Waals surface area contributed by atoms with Gasteiger partial charge in [-0.1, -0.05) is 12.1 Å². The molecule has 0 bridgehead atoms. The third-order valence-corrected chi connectivity index (χ3v) is 3.77. The molecule has 5 heteroatoms. The predicted molar refractivity (Wildman–Crippen MR) is 84.8 cm³/mol. The Labute approximate surface area is 127 Å². The Kier molecular flexibility index (Phi) is 6.99. The highest BCUT2D eigenvalue weighted by molar-refractivity contribution is 5.95. The van der Waals surface area contributed by atoms with Crippen molar-refractivity contribution in [2.45, 2.75) is 13.8 Å². The molecule has 0 aliphatic carbocycles. The molecule has 0 aromatic heterocycles. The van der Waals surface area contributed by atoms with Gasteiger partial charge in [-0.15, -0.1) is 12.4 Å². The highest BCUT2D eigenvalue weighted by Gasteiger charge is 2.11. The monoisotopic (exact) mass is 297 g/mol. The smallest absolute Gasteiger partial charge is 0.251 e. The fourth-order valence-electron chi connectivity index (χ4n) is 2.35. The van der Waals surface area contributed by atoms with Crippen LogP contribution in [0, 0.1) is 13.8 Å². The number of hydrogen-bond donors (Lipinski definition) is 2. The van der Waals surface area contributed by atoms with Crippen LogP contribution in [-0.4, -0.2) is 50.1 Å². The van der Waals surface area contributed by atoms with E-state index >= 15 is 0 Å². The van der Waals surface area contributed by atoms with Crippen molar-refractivity contribution in [3.05, 3.63) is 34.9 Å². The first-order valence-electron chi connectivity index (χ1n) is 6.96. The van der Waals surface area contributed by atoms with Gasteiger partial charge in [0.05, 0.1) is 0 Å². The number of halogens is 1. The van der Waals surface area contributed by atoms with Gasteiger partial charge in [0, 0.05) is 44.8 Å². The lowest BCUT2D eigenvalue weighted by Crippen LogP contribution is -2.46. The van der Waals surface area contributed by atoms with Gasteiger partial charge in [0.25, 0.3) is 5.91 Å². The zero-order valence-electron chi connectivity index (χ0n) is 12.2. The zero-order chi connectivity index (χ0) is 13.7. The molecule has 0 spiro atoms. The fraction of sp³-hybridized carbons (Fsp3) is 0.533. The summed E-state index contributed by atoms with van der Waals surface area (Å²) in [6, 6.07) is 5.86. The van der Waals surface area contributed by atoms with E-state index in [0.717, 1.165) is 49.4 Å². The molecule has 1 aromatic carbocycles. The van der Waals surface area contributed by atoms with E-state index in [9.17, 15) is 4.79 Å². The summed E-state index contributed by atoms with van der Waals surface area (Å²) in [5.74, 6) is 0.0383. The lowest BCUT2D eigenvalue weighted by Gasteiger charge is -2.27. The average Bonchev–Trinajstić information content (AvgIpc) is 2.43. The molecule has 112 valence electrons. The molecule has 1 aliphatic heterocycles. The van der Waals surface area contributed by atoms with Gasteiger partial charge in [-0.2, -0.15) is 0 Å². The maximum Gasteiger partial charge on any atom is 0.251 e. The van der Waals surface area contributed by atoms with E-state index in [1.165, 1.54) is 0 Å². The van der Waals surface area contributed by atoms with Crippen LogP contribution in [0.1, 0.15) is 21.5 Å². The molecule has 1 aromatic rings. The SMILES string of the molecule is Cc1cccc(C(=O)NCCN2CCNCC2)c1C.Cl. The van der Waals surface area contributed by atoms with Gasteiger partial charge in [0.15, 0.2) is 0 Å². The van der Waals surface area contributed by atoms with Crippen molar-refractivity contribution in [1.29, 1.82) is 0 Å². The minimum atomic E-state index is 0. The molecule has 1 heterocycles. The number of benzene rings is 1. The Bertz CT molecular complexity index is 445. The summed E-state index contributed by atoms with van der Waals surface area (Å²) in [5.41, 5.74) is 3.03. The number of hydrogen-bond acceptors (Lipinski definition) is 3. The van der Waals surface area contributed by atoms with Crippen molar-refractivity contribution in [3.63, 3.8) is 0 Å². The van der Waals surface area contributed by atoms with Crippen LogP contribution in [0.2, 0.25) is 0 Å². The first-order chi connectivity index (χ1) is 9.18. The van der Waals surface area contributed by atoms with E-state index in [1.54, 1.807) is 0 Å². The second kappa shape index (κ2) is 8.25. The molecule has 0 unspecified atom stereocenters. The third kappa shape index (κ3) is 4.47. The van der Waals surface area contributed by atoms with Gasteiger partial charge in [-0.3, -0.25) is 9.69 Å². The van der Waals surface area contributed by atoms with E-state index < -0.39 is 0 Å². The first kappa shape index (κ1) is 17.0. The number of nitrogens with zero attached hydrogens (tertiary/aromatic N) is 1. The second-order valence-electron chi connectivity index (χ2n) is 5.10. The summed E-state index contributed by atoms with van der Waals surface area (Å²) in [7, 11) is 0. The maximum atomic E-state index is 12.1. The maximum absolute atomic E-state index is 12.1. The molecule has 0 atom stereocenters. The number of piperazine rings is 1. The molecular formula is C15H24ClN3O. The predicted octanol–water partition coefficient (Wildman–Crippen LogP) is 1.36. The highest BCUT2D eigenvalue weighted by atomic mass is 35.5. The van der Waals surface area contributed by atoms with Gasteiger partial charge in [-0.25, -0.2) is 0 Å². The fourth-order valence-corrected chi connectivity index (χ4v) is 2.35. The van der Waals surface area contributed by atoms with Crippen LogP contribution < -0.4 is 10.6 Å². The van der Waals surface area contributed by atoms with Crippen molar-refractivity contribution in [2.75, 3.05) is 39.3 Å². The van der Waals surface area contributed by atoms with Crippen LogP contribution in [0.15, 0.2) is 18.2 Å². The van der Waals surface area contributed by atoms with E-state index in [2.05, 4.69) is 15.5 Å². The number of carbonyl (C=O) groups excluding carboxylic acids is 1. The minimum Gasteiger partial charge on any atom is -0.351 e. The Morgan fingerprint density at radius 1 is 1.30 bits per heavy atom. The van der Waals surface area contributed by atoms with Crippen molar-refractivity contribution in [3.8, 4) is 0 Å². The van der Waals surface area contributed by atoms with Crippen LogP contribution >= 0.6 is 12.4 Å². The molecule has 1 saturated heterocycles. The third-order valence-electron chi connectivity index (χ3n) is 3.77. The molecule has 0 saturated carbocycles. The average molecular weight is 298 g/mol. The number of rotatable bonds is 4. The van der Waals surface area contributed by atoms with Crippen molar-refractivity contribution >= 4 is 18.3 Å². The van der Waals surface area contributed by atoms with Gasteiger partial charge >= 0.3 is 0 Å². The normalized spacial score (nSPS) is 15.5. The minimum absolute atomic E-state index is 0. The number of carbonyl (C=O) groups is 1. The van der Waals surface area contributed by atoms with E-state index in [4.69, 9.17) is 0 Å². The standard InChI is InChI=1S/C15H23N3O.ClH/c1-12-4-3-5-14(13(12)2)15(19)17-8-11-18-9-6-16-7-10-18;/h3-5,16H,6-11H2,1-2H3,(H,17,19);1H. The molecule has 0 radical (unpaired) electrons. The van der Waals surface area contributed by atoms with Crippen LogP contribution in [-0.2, 0) is 0 Å². The molecule has 20 heavy (non-hydrogen) atoms. The van der Waals surface area contributed by atoms with Crippen molar-refractivity contribution < 1.29 is 4.79 Å². The molecule has 1 fully saturated rings. The van der Waals surface area contributed by atoms with Crippen LogP contribution in [0.3, 0.4) is 0 Å². The van der Waals surface area contributed by atoms with E-state index in [0.29, 0.717) is 6.54 Å². The summed E-state index contributed by atoms with van der Waals surface area (Å²) in [6.45, 7) is 9.91. The Balaban J connectivity index is 0.00000200. The summed E-state index contributed by atoms with van der Waals surface area (Å²) >= 11 is 0. The first-order valence-corrected chi connectivity index (χ1v) is 6.96. The molecular weight excluding hydrogens is 274 g/mol. The number of aryl methyl sites for hydroxylation is 1. The Morgan fingerprint density at radius 3 is 2.70 bits per heavy atom. The van der Waals surface area contributed by atoms with E-state index in [1.807, 2.05) is 32.0 Å². The summed E-state index contributed by atoms with van der Waals surface area (Å²) in [5, 5.41) is 6.34. The Hall–Kier alpha value is -1.10. The van der Waals surface area contributed by atoms with Crippen LogP contribution in [0.25, 0.3) is 0 Å². The van der Waals surface area contributed by atoms with Gasteiger partial charge < -0.3 is 10.6 Å². The lowest BCUT2D eigenvalue weighted by atomic mass is 10.0. The Morgan fingerprint density at radius 2 is 2.00 bits per heavy atom. The summed E-state index contributed by atoms with van der Waals surface area (Å²) in [4.78, 5) is 14.5. The van der Waals surface area contributed by atoms with Crippen molar-refractivity contribution in [1.82, 2.24) is 15.5 Å². The van der Waals surface area contributed by atoms with Gasteiger partial charge in [0.2, 0.25) is 0 Å². The van der Waals surface area contributed by atoms with Crippen LogP contribution in [0.5, 0.6) is 0 Å². The molecule has 2 rings (SSSR count).